The van der Waals surface area contributed by atoms with Gasteiger partial charge in [-0.3, -0.25) is 0 Å². The summed E-state index contributed by atoms with van der Waals surface area (Å²) in [5.41, 5.74) is 0. The molecule has 0 atom stereocenters. The predicted octanol–water partition coefficient (Wildman–Crippen LogP) is 5.23. The second-order valence-corrected chi connectivity index (χ2v) is 7.63. The molecule has 0 aromatic rings. The maximum atomic E-state index is 5.61. The molecular weight excluding hydrogens is 272 g/mol. The van der Waals surface area contributed by atoms with Crippen molar-refractivity contribution in [1.82, 2.24) is 0 Å². The van der Waals surface area contributed by atoms with Crippen molar-refractivity contribution in [2.45, 2.75) is 64.2 Å². The van der Waals surface area contributed by atoms with E-state index in [9.17, 15) is 0 Å². The molecule has 0 amide bonds. The average molecular weight is 309 g/mol. The molecule has 0 aromatic heterocycles. The van der Waals surface area contributed by atoms with Crippen molar-refractivity contribution in [3.8, 4) is 0 Å². The van der Waals surface area contributed by atoms with Crippen LogP contribution in [0.5, 0.6) is 0 Å². The highest BCUT2D eigenvalue weighted by Gasteiger charge is 2.24. The zero-order chi connectivity index (χ0) is 15.6. The monoisotopic (exact) mass is 308 g/mol. The molecule has 0 bridgehead atoms. The topological polar surface area (TPSA) is 18.5 Å². The molecule has 0 spiro atoms. The zero-order valence-electron chi connectivity index (χ0n) is 14.6. The van der Waals surface area contributed by atoms with Crippen molar-refractivity contribution in [2.75, 3.05) is 26.9 Å². The molecular formula is C20H36O2. The van der Waals surface area contributed by atoms with Crippen LogP contribution in [0.4, 0.5) is 0 Å². The first-order chi connectivity index (χ1) is 10.8. The van der Waals surface area contributed by atoms with Crippen LogP contribution in [-0.4, -0.2) is 26.9 Å². The van der Waals surface area contributed by atoms with Crippen LogP contribution in [0, 0.1) is 23.7 Å². The van der Waals surface area contributed by atoms with E-state index in [1.54, 1.807) is 0 Å². The molecule has 2 rings (SSSR count). The number of hydrogen-bond acceptors (Lipinski definition) is 2. The third-order valence-corrected chi connectivity index (χ3v) is 5.91. The van der Waals surface area contributed by atoms with Crippen LogP contribution in [0.15, 0.2) is 12.7 Å². The van der Waals surface area contributed by atoms with Crippen molar-refractivity contribution >= 4 is 0 Å². The predicted molar refractivity (Wildman–Crippen MR) is 93.0 cm³/mol. The number of rotatable bonds is 9. The standard InChI is InChI=1S/C20H36O2/c1-3-14-22-16-20-12-8-18(9-13-20)5-4-17-6-10-19(11-7-17)15-21-2/h3,17-20H,1,4-16H2,2H3/t17-,18?,19-,20?. The summed E-state index contributed by atoms with van der Waals surface area (Å²) in [4.78, 5) is 0. The first-order valence-corrected chi connectivity index (χ1v) is 9.49. The zero-order valence-corrected chi connectivity index (χ0v) is 14.6. The van der Waals surface area contributed by atoms with Crippen molar-refractivity contribution < 1.29 is 9.47 Å². The molecule has 0 aromatic carbocycles. The first kappa shape index (κ1) is 18.0. The maximum absolute atomic E-state index is 5.61. The van der Waals surface area contributed by atoms with Crippen LogP contribution in [-0.2, 0) is 9.47 Å². The Kier molecular flexibility index (Phi) is 8.54. The van der Waals surface area contributed by atoms with Gasteiger partial charge in [0.25, 0.3) is 0 Å². The lowest BCUT2D eigenvalue weighted by atomic mass is 9.76. The van der Waals surface area contributed by atoms with Gasteiger partial charge in [-0.25, -0.2) is 0 Å². The van der Waals surface area contributed by atoms with Crippen LogP contribution in [0.1, 0.15) is 64.2 Å². The van der Waals surface area contributed by atoms with Crippen LogP contribution < -0.4 is 0 Å². The van der Waals surface area contributed by atoms with E-state index in [1.165, 1.54) is 64.2 Å². The molecule has 0 N–H and O–H groups in total. The molecule has 2 fully saturated rings. The van der Waals surface area contributed by atoms with Gasteiger partial charge in [0, 0.05) is 20.3 Å². The van der Waals surface area contributed by atoms with E-state index in [-0.39, 0.29) is 0 Å². The smallest absolute Gasteiger partial charge is 0.0644 e. The summed E-state index contributed by atoms with van der Waals surface area (Å²) in [6.45, 7) is 6.34. The number of ether oxygens (including phenoxy) is 2. The Bertz CT molecular complexity index is 286. The SMILES string of the molecule is C=CCOCC1CCC(CC[C@H]2CC[C@H](COC)CC2)CC1. The van der Waals surface area contributed by atoms with Gasteiger partial charge in [0.15, 0.2) is 0 Å². The first-order valence-electron chi connectivity index (χ1n) is 9.49. The summed E-state index contributed by atoms with van der Waals surface area (Å²) >= 11 is 0. The molecule has 0 aliphatic heterocycles. The fraction of sp³-hybridized carbons (Fsp3) is 0.900. The number of hydrogen-bond donors (Lipinski definition) is 0. The molecule has 22 heavy (non-hydrogen) atoms. The maximum Gasteiger partial charge on any atom is 0.0644 e. The third-order valence-electron chi connectivity index (χ3n) is 5.91. The van der Waals surface area contributed by atoms with Crippen molar-refractivity contribution in [3.63, 3.8) is 0 Å². The largest absolute Gasteiger partial charge is 0.384 e. The highest BCUT2D eigenvalue weighted by molar-refractivity contribution is 4.77. The van der Waals surface area contributed by atoms with Crippen molar-refractivity contribution in [1.29, 1.82) is 0 Å². The highest BCUT2D eigenvalue weighted by Crippen LogP contribution is 2.36. The Morgan fingerprint density at radius 1 is 0.773 bits per heavy atom. The molecule has 2 aliphatic rings. The van der Waals surface area contributed by atoms with E-state index in [1.807, 2.05) is 13.2 Å². The van der Waals surface area contributed by atoms with Gasteiger partial charge in [0.05, 0.1) is 6.61 Å². The molecule has 2 nitrogen and oxygen atoms in total. The van der Waals surface area contributed by atoms with E-state index in [2.05, 4.69) is 6.58 Å². The van der Waals surface area contributed by atoms with Gasteiger partial charge in [-0.1, -0.05) is 44.6 Å². The summed E-state index contributed by atoms with van der Waals surface area (Å²) in [5, 5.41) is 0. The minimum atomic E-state index is 0.714. The van der Waals surface area contributed by atoms with Crippen molar-refractivity contribution in [2.24, 2.45) is 23.7 Å². The summed E-state index contributed by atoms with van der Waals surface area (Å²) in [6, 6.07) is 0. The van der Waals surface area contributed by atoms with E-state index in [0.717, 1.165) is 36.9 Å². The van der Waals surface area contributed by atoms with Gasteiger partial charge >= 0.3 is 0 Å². The molecule has 2 heteroatoms. The minimum absolute atomic E-state index is 0.714. The molecule has 0 unspecified atom stereocenters. The van der Waals surface area contributed by atoms with Crippen LogP contribution >= 0.6 is 0 Å². The molecule has 2 saturated carbocycles. The summed E-state index contributed by atoms with van der Waals surface area (Å²) < 4.78 is 10.9. The van der Waals surface area contributed by atoms with Crippen LogP contribution in [0.25, 0.3) is 0 Å². The average Bonchev–Trinajstić information content (AvgIpc) is 2.56. The van der Waals surface area contributed by atoms with E-state index >= 15 is 0 Å². The second-order valence-electron chi connectivity index (χ2n) is 7.63. The fourth-order valence-electron chi connectivity index (χ4n) is 4.40. The minimum Gasteiger partial charge on any atom is -0.384 e. The van der Waals surface area contributed by atoms with Gasteiger partial charge in [-0.05, 0) is 49.4 Å². The lowest BCUT2D eigenvalue weighted by molar-refractivity contribution is 0.0920. The van der Waals surface area contributed by atoms with Gasteiger partial charge in [-0.2, -0.15) is 0 Å². The fourth-order valence-corrected chi connectivity index (χ4v) is 4.40. The number of methoxy groups -OCH3 is 1. The van der Waals surface area contributed by atoms with Gasteiger partial charge in [0.2, 0.25) is 0 Å². The Hall–Kier alpha value is -0.340. The Balaban J connectivity index is 1.53. The van der Waals surface area contributed by atoms with Crippen molar-refractivity contribution in [3.05, 3.63) is 12.7 Å². The lowest BCUT2D eigenvalue weighted by Crippen LogP contribution is -2.21. The van der Waals surface area contributed by atoms with Crippen LogP contribution in [0.2, 0.25) is 0 Å². The summed E-state index contributed by atoms with van der Waals surface area (Å²) in [6.07, 6.45) is 16.1. The summed E-state index contributed by atoms with van der Waals surface area (Å²) in [7, 11) is 1.84. The van der Waals surface area contributed by atoms with E-state index < -0.39 is 0 Å². The normalized spacial score (nSPS) is 32.8. The molecule has 0 heterocycles. The van der Waals surface area contributed by atoms with Gasteiger partial charge in [0.1, 0.15) is 0 Å². The molecule has 0 saturated heterocycles. The Morgan fingerprint density at radius 3 is 1.68 bits per heavy atom. The Labute approximate surface area is 137 Å². The quantitative estimate of drug-likeness (QED) is 0.429. The Morgan fingerprint density at radius 2 is 1.23 bits per heavy atom. The molecule has 128 valence electrons. The summed E-state index contributed by atoms with van der Waals surface area (Å²) in [5.74, 6) is 3.64. The van der Waals surface area contributed by atoms with E-state index in [0.29, 0.717) is 6.61 Å². The third kappa shape index (κ3) is 6.42. The molecule has 2 aliphatic carbocycles. The van der Waals surface area contributed by atoms with Crippen LogP contribution in [0.3, 0.4) is 0 Å². The lowest BCUT2D eigenvalue weighted by Gasteiger charge is -2.31. The second kappa shape index (κ2) is 10.4. The highest BCUT2D eigenvalue weighted by atomic mass is 16.5. The van der Waals surface area contributed by atoms with Gasteiger partial charge < -0.3 is 9.47 Å². The van der Waals surface area contributed by atoms with E-state index in [4.69, 9.17) is 9.47 Å². The molecule has 0 radical (unpaired) electrons. The van der Waals surface area contributed by atoms with Gasteiger partial charge in [-0.15, -0.1) is 6.58 Å².